The molecule has 0 rings (SSSR count). The van der Waals surface area contributed by atoms with Crippen LogP contribution in [0.4, 0.5) is 0 Å². The molecule has 14 heavy (non-hydrogen) atoms. The van der Waals surface area contributed by atoms with Crippen molar-refractivity contribution in [3.63, 3.8) is 0 Å². The van der Waals surface area contributed by atoms with Crippen LogP contribution in [0.15, 0.2) is 36.5 Å². The zero-order valence-corrected chi connectivity index (χ0v) is 8.60. The van der Waals surface area contributed by atoms with Crippen molar-refractivity contribution in [3.05, 3.63) is 36.5 Å². The van der Waals surface area contributed by atoms with Crippen LogP contribution in [0, 0.1) is 0 Å². The molecular weight excluding hydrogens is 176 g/mol. The maximum Gasteiger partial charge on any atom is 0.0612 e. The molecule has 0 aliphatic rings. The summed E-state index contributed by atoms with van der Waals surface area (Å²) in [6.45, 7) is 0.269. The van der Waals surface area contributed by atoms with Gasteiger partial charge in [-0.3, -0.25) is 0 Å². The lowest BCUT2D eigenvalue weighted by Crippen LogP contribution is -1.72. The Morgan fingerprint density at radius 1 is 0.500 bits per heavy atom. The van der Waals surface area contributed by atoms with E-state index in [1.54, 1.807) is 12.2 Å². The fraction of sp³-hybridized carbons (Fsp3) is 0.500. The molecule has 2 N–H and O–H groups in total. The highest BCUT2D eigenvalue weighted by molar-refractivity contribution is 4.90. The predicted octanol–water partition coefficient (Wildman–Crippen LogP) is 2.20. The van der Waals surface area contributed by atoms with Crippen LogP contribution in [0.25, 0.3) is 0 Å². The van der Waals surface area contributed by atoms with Crippen LogP contribution >= 0.6 is 0 Å². The first-order valence-corrected chi connectivity index (χ1v) is 5.08. The Kier molecular flexibility index (Phi) is 11.4. The number of aliphatic hydroxyl groups excluding tert-OH is 2. The van der Waals surface area contributed by atoms with E-state index in [9.17, 15) is 0 Å². The van der Waals surface area contributed by atoms with Gasteiger partial charge in [-0.15, -0.1) is 0 Å². The van der Waals surface area contributed by atoms with Gasteiger partial charge in [0.2, 0.25) is 0 Å². The Labute approximate surface area is 86.3 Å². The molecule has 0 aliphatic carbocycles. The van der Waals surface area contributed by atoms with Crippen molar-refractivity contribution in [2.75, 3.05) is 13.2 Å². The summed E-state index contributed by atoms with van der Waals surface area (Å²) in [5.41, 5.74) is 0. The summed E-state index contributed by atoms with van der Waals surface area (Å²) in [7, 11) is 0. The van der Waals surface area contributed by atoms with E-state index in [0.717, 1.165) is 25.7 Å². The minimum atomic E-state index is 0.135. The van der Waals surface area contributed by atoms with Gasteiger partial charge in [-0.05, 0) is 25.7 Å². The Bertz CT molecular complexity index is 161. The van der Waals surface area contributed by atoms with Crippen LogP contribution in [0.3, 0.4) is 0 Å². The fourth-order valence-corrected chi connectivity index (χ4v) is 1.01. The fourth-order valence-electron chi connectivity index (χ4n) is 1.01. The quantitative estimate of drug-likeness (QED) is 0.461. The van der Waals surface area contributed by atoms with Gasteiger partial charge in [0.1, 0.15) is 0 Å². The monoisotopic (exact) mass is 196 g/mol. The second-order valence-corrected chi connectivity index (χ2v) is 2.93. The van der Waals surface area contributed by atoms with Crippen LogP contribution in [-0.4, -0.2) is 23.4 Å². The van der Waals surface area contributed by atoms with E-state index >= 15 is 0 Å². The molecule has 0 aliphatic heterocycles. The molecule has 0 atom stereocenters. The normalized spacial score (nSPS) is 12.4. The third-order valence-electron chi connectivity index (χ3n) is 1.71. The second-order valence-electron chi connectivity index (χ2n) is 2.93. The Balaban J connectivity index is 3.19. The van der Waals surface area contributed by atoms with E-state index in [2.05, 4.69) is 12.2 Å². The van der Waals surface area contributed by atoms with Crippen LogP contribution in [0.2, 0.25) is 0 Å². The number of hydrogen-bond donors (Lipinski definition) is 2. The maximum atomic E-state index is 8.46. The molecule has 0 fully saturated rings. The number of rotatable bonds is 8. The highest BCUT2D eigenvalue weighted by Crippen LogP contribution is 1.97. The van der Waals surface area contributed by atoms with E-state index in [-0.39, 0.29) is 13.2 Å². The summed E-state index contributed by atoms with van der Waals surface area (Å²) in [6, 6.07) is 0. The number of allylic oxidation sites excluding steroid dienone is 4. The Hall–Kier alpha value is -0.860. The van der Waals surface area contributed by atoms with E-state index in [4.69, 9.17) is 10.2 Å². The molecule has 0 bridgehead atoms. The van der Waals surface area contributed by atoms with Crippen LogP contribution in [0.5, 0.6) is 0 Å². The average molecular weight is 196 g/mol. The van der Waals surface area contributed by atoms with E-state index in [0.29, 0.717) is 0 Å². The van der Waals surface area contributed by atoms with Gasteiger partial charge in [0.05, 0.1) is 13.2 Å². The van der Waals surface area contributed by atoms with Gasteiger partial charge in [-0.25, -0.2) is 0 Å². The van der Waals surface area contributed by atoms with Gasteiger partial charge in [0, 0.05) is 0 Å². The van der Waals surface area contributed by atoms with Crippen LogP contribution in [0.1, 0.15) is 25.7 Å². The van der Waals surface area contributed by atoms with Crippen molar-refractivity contribution in [2.45, 2.75) is 25.7 Å². The van der Waals surface area contributed by atoms with Gasteiger partial charge in [-0.1, -0.05) is 36.5 Å². The van der Waals surface area contributed by atoms with Crippen molar-refractivity contribution < 1.29 is 10.2 Å². The molecule has 80 valence electrons. The zero-order chi connectivity index (χ0) is 10.5. The van der Waals surface area contributed by atoms with Crippen molar-refractivity contribution in [2.24, 2.45) is 0 Å². The van der Waals surface area contributed by atoms with Gasteiger partial charge in [-0.2, -0.15) is 0 Å². The first-order chi connectivity index (χ1) is 6.91. The van der Waals surface area contributed by atoms with Crippen molar-refractivity contribution in [1.82, 2.24) is 0 Å². The van der Waals surface area contributed by atoms with E-state index in [1.165, 1.54) is 0 Å². The molecule has 2 heteroatoms. The van der Waals surface area contributed by atoms with Crippen molar-refractivity contribution in [3.8, 4) is 0 Å². The smallest absolute Gasteiger partial charge is 0.0612 e. The molecule has 0 saturated carbocycles. The van der Waals surface area contributed by atoms with Crippen LogP contribution < -0.4 is 0 Å². The minimum absolute atomic E-state index is 0.135. The Morgan fingerprint density at radius 2 is 0.786 bits per heavy atom. The van der Waals surface area contributed by atoms with Gasteiger partial charge < -0.3 is 10.2 Å². The first-order valence-electron chi connectivity index (χ1n) is 5.08. The molecule has 0 amide bonds. The van der Waals surface area contributed by atoms with E-state index < -0.39 is 0 Å². The highest BCUT2D eigenvalue weighted by Gasteiger charge is 1.78. The molecule has 2 nitrogen and oxygen atoms in total. The number of hydrogen-bond acceptors (Lipinski definition) is 2. The highest BCUT2D eigenvalue weighted by atomic mass is 16.3. The summed E-state index contributed by atoms with van der Waals surface area (Å²) < 4.78 is 0. The molecule has 0 radical (unpaired) electrons. The predicted molar refractivity (Wildman–Crippen MR) is 60.1 cm³/mol. The molecule has 0 heterocycles. The standard InChI is InChI=1S/C12H20O2/c13-11-9-7-5-3-1-2-4-6-8-10-12-14/h1-2,7-10,13-14H,3-6,11-12H2. The summed E-state index contributed by atoms with van der Waals surface area (Å²) in [5.74, 6) is 0. The lowest BCUT2D eigenvalue weighted by atomic mass is 10.2. The lowest BCUT2D eigenvalue weighted by Gasteiger charge is -1.88. The number of aliphatic hydroxyl groups is 2. The zero-order valence-electron chi connectivity index (χ0n) is 8.60. The third-order valence-corrected chi connectivity index (χ3v) is 1.71. The summed E-state index contributed by atoms with van der Waals surface area (Å²) >= 11 is 0. The molecule has 0 aromatic heterocycles. The van der Waals surface area contributed by atoms with Crippen molar-refractivity contribution in [1.29, 1.82) is 0 Å². The van der Waals surface area contributed by atoms with E-state index in [1.807, 2.05) is 12.2 Å². The van der Waals surface area contributed by atoms with Gasteiger partial charge >= 0.3 is 0 Å². The van der Waals surface area contributed by atoms with Crippen molar-refractivity contribution >= 4 is 0 Å². The minimum Gasteiger partial charge on any atom is -0.392 e. The molecular formula is C12H20O2. The average Bonchev–Trinajstić information content (AvgIpc) is 2.21. The molecule has 0 aromatic rings. The largest absolute Gasteiger partial charge is 0.392 e. The topological polar surface area (TPSA) is 40.5 Å². The second kappa shape index (κ2) is 12.1. The molecule has 0 spiro atoms. The lowest BCUT2D eigenvalue weighted by molar-refractivity contribution is 0.342. The molecule has 0 unspecified atom stereocenters. The molecule has 0 aromatic carbocycles. The van der Waals surface area contributed by atoms with Gasteiger partial charge in [0.15, 0.2) is 0 Å². The number of unbranched alkanes of at least 4 members (excludes halogenated alkanes) is 2. The molecule has 0 saturated heterocycles. The first kappa shape index (κ1) is 13.1. The SMILES string of the molecule is OCC=CCCC=CCCC=CCO. The Morgan fingerprint density at radius 3 is 1.07 bits per heavy atom. The third kappa shape index (κ3) is 11.1. The summed E-state index contributed by atoms with van der Waals surface area (Å²) in [5, 5.41) is 16.9. The summed E-state index contributed by atoms with van der Waals surface area (Å²) in [4.78, 5) is 0. The summed E-state index contributed by atoms with van der Waals surface area (Å²) in [6.07, 6.45) is 15.8. The maximum absolute atomic E-state index is 8.46. The van der Waals surface area contributed by atoms with Gasteiger partial charge in [0.25, 0.3) is 0 Å². The van der Waals surface area contributed by atoms with Crippen LogP contribution in [-0.2, 0) is 0 Å².